The summed E-state index contributed by atoms with van der Waals surface area (Å²) in [5, 5.41) is 9.14. The number of halogens is 3. The molecule has 0 atom stereocenters. The number of sulfonamides is 1. The highest BCUT2D eigenvalue weighted by molar-refractivity contribution is 7.89. The summed E-state index contributed by atoms with van der Waals surface area (Å²) >= 11 is 0. The molecule has 33 heavy (non-hydrogen) atoms. The van der Waals surface area contributed by atoms with Crippen molar-refractivity contribution >= 4 is 16.0 Å². The molecular weight excluding hydrogens is 459 g/mol. The maximum absolute atomic E-state index is 13.4. The summed E-state index contributed by atoms with van der Waals surface area (Å²) in [6.45, 7) is 4.79. The van der Waals surface area contributed by atoms with Crippen molar-refractivity contribution in [1.82, 2.24) is 4.31 Å². The fraction of sp³-hybridized carbons (Fsp3) is 0.435. The van der Waals surface area contributed by atoms with Gasteiger partial charge in [-0.15, -0.1) is 0 Å². The van der Waals surface area contributed by atoms with Gasteiger partial charge in [0.05, 0.1) is 10.5 Å². The van der Waals surface area contributed by atoms with E-state index in [1.165, 1.54) is 19.9 Å². The predicted molar refractivity (Wildman–Crippen MR) is 118 cm³/mol. The van der Waals surface area contributed by atoms with Crippen LogP contribution in [0, 0.1) is 0 Å². The van der Waals surface area contributed by atoms with Gasteiger partial charge in [0.1, 0.15) is 5.75 Å². The minimum absolute atomic E-state index is 0.0622. The van der Waals surface area contributed by atoms with Crippen molar-refractivity contribution in [3.63, 3.8) is 0 Å². The number of rotatable bonds is 11. The quantitative estimate of drug-likeness (QED) is 0.483. The van der Waals surface area contributed by atoms with E-state index in [0.717, 1.165) is 28.1 Å². The predicted octanol–water partition coefficient (Wildman–Crippen LogP) is 4.98. The van der Waals surface area contributed by atoms with Gasteiger partial charge in [-0.25, -0.2) is 13.2 Å². The summed E-state index contributed by atoms with van der Waals surface area (Å²) < 4.78 is 72.7. The zero-order valence-corrected chi connectivity index (χ0v) is 19.5. The number of ether oxygens (including phenoxy) is 1. The van der Waals surface area contributed by atoms with Crippen LogP contribution in [0.5, 0.6) is 5.75 Å². The third-order valence-electron chi connectivity index (χ3n) is 4.97. The van der Waals surface area contributed by atoms with E-state index in [1.54, 1.807) is 31.2 Å². The van der Waals surface area contributed by atoms with Crippen molar-refractivity contribution in [1.29, 1.82) is 0 Å². The monoisotopic (exact) mass is 487 g/mol. The number of carboxylic acids is 1. The molecule has 2 aromatic carbocycles. The smallest absolute Gasteiger partial charge is 0.417 e. The van der Waals surface area contributed by atoms with Gasteiger partial charge in [-0.05, 0) is 62.9 Å². The van der Waals surface area contributed by atoms with E-state index in [-0.39, 0.29) is 13.1 Å². The zero-order chi connectivity index (χ0) is 24.9. The van der Waals surface area contributed by atoms with Crippen molar-refractivity contribution in [2.45, 2.75) is 56.7 Å². The van der Waals surface area contributed by atoms with E-state index in [2.05, 4.69) is 0 Å². The number of nitrogens with zero attached hydrogens (tertiary/aromatic N) is 1. The molecule has 2 rings (SSSR count). The summed E-state index contributed by atoms with van der Waals surface area (Å²) in [4.78, 5) is 10.4. The Bertz CT molecular complexity index is 1050. The van der Waals surface area contributed by atoms with Gasteiger partial charge in [0.25, 0.3) is 0 Å². The summed E-state index contributed by atoms with van der Waals surface area (Å²) in [7, 11) is -4.33. The molecule has 0 spiro atoms. The SMILES string of the molecule is CCCN(CCCc1ccc(OC(C)(C)C(=O)O)cc1)S(=O)(=O)c1ccccc1C(F)(F)F. The number of aliphatic carboxylic acids is 1. The number of hydrogen-bond acceptors (Lipinski definition) is 4. The molecule has 6 nitrogen and oxygen atoms in total. The number of hydrogen-bond donors (Lipinski definition) is 1. The Balaban J connectivity index is 2.10. The van der Waals surface area contributed by atoms with Gasteiger partial charge in [-0.2, -0.15) is 17.5 Å². The van der Waals surface area contributed by atoms with Crippen LogP contribution in [-0.2, 0) is 27.4 Å². The Labute approximate surface area is 192 Å². The van der Waals surface area contributed by atoms with Crippen LogP contribution in [0.25, 0.3) is 0 Å². The second kappa shape index (κ2) is 10.6. The number of benzene rings is 2. The lowest BCUT2D eigenvalue weighted by Crippen LogP contribution is -2.37. The summed E-state index contributed by atoms with van der Waals surface area (Å²) in [6, 6.07) is 10.9. The molecule has 0 bridgehead atoms. The van der Waals surface area contributed by atoms with Gasteiger partial charge in [-0.1, -0.05) is 31.2 Å². The van der Waals surface area contributed by atoms with Crippen molar-refractivity contribution in [2.24, 2.45) is 0 Å². The van der Waals surface area contributed by atoms with Crippen molar-refractivity contribution in [2.75, 3.05) is 13.1 Å². The molecule has 0 aromatic heterocycles. The molecule has 10 heteroatoms. The summed E-state index contributed by atoms with van der Waals surface area (Å²) in [5.74, 6) is -0.721. The maximum atomic E-state index is 13.4. The lowest BCUT2D eigenvalue weighted by molar-refractivity contribution is -0.152. The van der Waals surface area contributed by atoms with Gasteiger partial charge in [0.15, 0.2) is 5.60 Å². The Morgan fingerprint density at radius 3 is 2.18 bits per heavy atom. The molecule has 0 aliphatic carbocycles. The first-order valence-electron chi connectivity index (χ1n) is 10.5. The highest BCUT2D eigenvalue weighted by Gasteiger charge is 2.38. The second-order valence-corrected chi connectivity index (χ2v) is 9.97. The number of carbonyl (C=O) groups is 1. The molecule has 0 aliphatic heterocycles. The molecule has 0 saturated heterocycles. The van der Waals surface area contributed by atoms with Crippen LogP contribution < -0.4 is 4.74 Å². The standard InChI is InChI=1S/C23H28F3NO5S/c1-4-15-27(33(30,31)20-10-6-5-9-19(20)23(24,25)26)16-7-8-17-11-13-18(14-12-17)32-22(2,3)21(28)29/h5-6,9-14H,4,7-8,15-16H2,1-3H3,(H,28,29). The van der Waals surface area contributed by atoms with Gasteiger partial charge in [0.2, 0.25) is 10.0 Å². The van der Waals surface area contributed by atoms with Crippen molar-refractivity contribution in [3.05, 3.63) is 59.7 Å². The largest absolute Gasteiger partial charge is 0.478 e. The fourth-order valence-corrected chi connectivity index (χ4v) is 4.97. The van der Waals surface area contributed by atoms with Gasteiger partial charge in [0, 0.05) is 13.1 Å². The zero-order valence-electron chi connectivity index (χ0n) is 18.7. The van der Waals surface area contributed by atoms with Gasteiger partial charge in [-0.3, -0.25) is 0 Å². The van der Waals surface area contributed by atoms with Crippen LogP contribution >= 0.6 is 0 Å². The molecule has 1 N–H and O–H groups in total. The van der Waals surface area contributed by atoms with Crippen LogP contribution in [-0.4, -0.2) is 42.5 Å². The topological polar surface area (TPSA) is 83.9 Å². The molecule has 0 fully saturated rings. The van der Waals surface area contributed by atoms with Crippen LogP contribution in [0.3, 0.4) is 0 Å². The van der Waals surface area contributed by atoms with Crippen LogP contribution in [0.1, 0.15) is 44.7 Å². The first kappa shape index (κ1) is 26.7. The highest BCUT2D eigenvalue weighted by atomic mass is 32.2. The van der Waals surface area contributed by atoms with Crippen LogP contribution in [0.4, 0.5) is 13.2 Å². The second-order valence-electron chi connectivity index (χ2n) is 8.06. The van der Waals surface area contributed by atoms with Gasteiger partial charge < -0.3 is 9.84 Å². The van der Waals surface area contributed by atoms with E-state index in [4.69, 9.17) is 9.84 Å². The Hall–Kier alpha value is -2.59. The molecule has 0 aliphatic rings. The van der Waals surface area contributed by atoms with Crippen molar-refractivity contribution in [3.8, 4) is 5.75 Å². The Morgan fingerprint density at radius 1 is 1.03 bits per heavy atom. The third kappa shape index (κ3) is 6.94. The number of aryl methyl sites for hydroxylation is 1. The summed E-state index contributed by atoms with van der Waals surface area (Å²) in [5.41, 5.74) is -1.70. The molecule has 0 amide bonds. The average Bonchev–Trinajstić information content (AvgIpc) is 2.73. The molecule has 0 unspecified atom stereocenters. The van der Waals surface area contributed by atoms with E-state index in [1.807, 2.05) is 0 Å². The molecule has 2 aromatic rings. The minimum Gasteiger partial charge on any atom is -0.478 e. The Kier molecular flexibility index (Phi) is 8.53. The van der Waals surface area contributed by atoms with E-state index < -0.39 is 38.2 Å². The molecule has 182 valence electrons. The first-order valence-corrected chi connectivity index (χ1v) is 11.9. The minimum atomic E-state index is -4.78. The number of alkyl halides is 3. The molecule has 0 radical (unpaired) electrons. The van der Waals surface area contributed by atoms with E-state index >= 15 is 0 Å². The van der Waals surface area contributed by atoms with Gasteiger partial charge >= 0.3 is 12.1 Å². The Morgan fingerprint density at radius 2 is 1.64 bits per heavy atom. The molecular formula is C23H28F3NO5S. The van der Waals surface area contributed by atoms with E-state index in [9.17, 15) is 26.4 Å². The highest BCUT2D eigenvalue weighted by Crippen LogP contribution is 2.35. The summed E-state index contributed by atoms with van der Waals surface area (Å²) in [6.07, 6.45) is -3.44. The van der Waals surface area contributed by atoms with Crippen LogP contribution in [0.2, 0.25) is 0 Å². The lowest BCUT2D eigenvalue weighted by Gasteiger charge is -2.24. The van der Waals surface area contributed by atoms with Crippen LogP contribution in [0.15, 0.2) is 53.4 Å². The number of carboxylic acid groups (broad SMARTS) is 1. The van der Waals surface area contributed by atoms with Crippen molar-refractivity contribution < 1.29 is 36.2 Å². The fourth-order valence-electron chi connectivity index (χ4n) is 3.19. The molecule has 0 heterocycles. The average molecular weight is 488 g/mol. The lowest BCUT2D eigenvalue weighted by atomic mass is 10.1. The normalized spacial score (nSPS) is 12.7. The first-order chi connectivity index (χ1) is 15.3. The van der Waals surface area contributed by atoms with E-state index in [0.29, 0.717) is 25.0 Å². The maximum Gasteiger partial charge on any atom is 0.417 e. The molecule has 0 saturated carbocycles. The third-order valence-corrected chi connectivity index (χ3v) is 6.92.